The van der Waals surface area contributed by atoms with Gasteiger partial charge in [0.2, 0.25) is 5.88 Å². The van der Waals surface area contributed by atoms with Crippen molar-refractivity contribution in [2.75, 3.05) is 5.73 Å². The van der Waals surface area contributed by atoms with Gasteiger partial charge in [-0.15, -0.1) is 0 Å². The van der Waals surface area contributed by atoms with E-state index in [1.54, 1.807) is 12.1 Å². The summed E-state index contributed by atoms with van der Waals surface area (Å²) in [6, 6.07) is 3.34. The van der Waals surface area contributed by atoms with Crippen molar-refractivity contribution in [2.45, 2.75) is 19.8 Å². The molecule has 1 aromatic heterocycles. The van der Waals surface area contributed by atoms with Crippen LogP contribution in [0.2, 0.25) is 5.02 Å². The van der Waals surface area contributed by atoms with Gasteiger partial charge in [0, 0.05) is 5.56 Å². The molecule has 2 N–H and O–H groups in total. The second-order valence-corrected chi connectivity index (χ2v) is 4.53. The summed E-state index contributed by atoms with van der Waals surface area (Å²) in [6.07, 6.45) is 1.38. The maximum atomic E-state index is 13.9. The molecule has 0 amide bonds. The molecule has 90 valence electrons. The molecule has 17 heavy (non-hydrogen) atoms. The summed E-state index contributed by atoms with van der Waals surface area (Å²) in [4.78, 5) is 0. The Morgan fingerprint density at radius 1 is 1.35 bits per heavy atom. The van der Waals surface area contributed by atoms with E-state index >= 15 is 0 Å². The van der Waals surface area contributed by atoms with Gasteiger partial charge >= 0.3 is 0 Å². The number of benzene rings is 1. The number of rotatable bonds is 2. The Bertz CT molecular complexity index is 551. The zero-order valence-corrected chi connectivity index (χ0v) is 10.3. The molecule has 5 heteroatoms. The van der Waals surface area contributed by atoms with Crippen LogP contribution in [0.1, 0.15) is 25.3 Å². The van der Waals surface area contributed by atoms with Crippen LogP contribution in [0.15, 0.2) is 22.9 Å². The van der Waals surface area contributed by atoms with Crippen LogP contribution in [0, 0.1) is 5.82 Å². The number of anilines is 1. The van der Waals surface area contributed by atoms with E-state index in [1.165, 1.54) is 6.20 Å². The van der Waals surface area contributed by atoms with Crippen molar-refractivity contribution in [2.24, 2.45) is 0 Å². The molecule has 0 atom stereocenters. The van der Waals surface area contributed by atoms with Gasteiger partial charge in [-0.05, 0) is 23.6 Å². The monoisotopic (exact) mass is 254 g/mol. The summed E-state index contributed by atoms with van der Waals surface area (Å²) in [5, 5.41) is 3.61. The Labute approximate surface area is 103 Å². The minimum atomic E-state index is -0.508. The van der Waals surface area contributed by atoms with Crippen molar-refractivity contribution in [1.29, 1.82) is 0 Å². The first-order chi connectivity index (χ1) is 8.00. The first kappa shape index (κ1) is 11.9. The van der Waals surface area contributed by atoms with Gasteiger partial charge in [0.25, 0.3) is 0 Å². The van der Waals surface area contributed by atoms with E-state index in [-0.39, 0.29) is 16.8 Å². The SMILES string of the molecule is CC(C)c1cc(Cl)c(F)c(-c2cnoc2N)c1. The predicted octanol–water partition coefficient (Wildman–Crippen LogP) is 3.84. The molecule has 1 heterocycles. The van der Waals surface area contributed by atoms with Gasteiger partial charge < -0.3 is 10.3 Å². The quantitative estimate of drug-likeness (QED) is 0.886. The highest BCUT2D eigenvalue weighted by molar-refractivity contribution is 6.31. The average molecular weight is 255 g/mol. The predicted molar refractivity (Wildman–Crippen MR) is 65.4 cm³/mol. The zero-order valence-electron chi connectivity index (χ0n) is 9.50. The van der Waals surface area contributed by atoms with Crippen LogP contribution in [-0.4, -0.2) is 5.16 Å². The molecule has 3 nitrogen and oxygen atoms in total. The summed E-state index contributed by atoms with van der Waals surface area (Å²) in [5.41, 5.74) is 7.26. The van der Waals surface area contributed by atoms with Crippen molar-refractivity contribution < 1.29 is 8.91 Å². The van der Waals surface area contributed by atoms with Crippen LogP contribution < -0.4 is 5.73 Å². The average Bonchev–Trinajstić information content (AvgIpc) is 2.68. The van der Waals surface area contributed by atoms with Crippen molar-refractivity contribution >= 4 is 17.5 Å². The molecule has 0 unspecified atom stereocenters. The van der Waals surface area contributed by atoms with Crippen LogP contribution in [0.5, 0.6) is 0 Å². The highest BCUT2D eigenvalue weighted by Crippen LogP contribution is 2.34. The molecule has 0 radical (unpaired) electrons. The van der Waals surface area contributed by atoms with E-state index < -0.39 is 5.82 Å². The van der Waals surface area contributed by atoms with E-state index in [0.29, 0.717) is 11.1 Å². The van der Waals surface area contributed by atoms with Crippen LogP contribution in [0.25, 0.3) is 11.1 Å². The summed E-state index contributed by atoms with van der Waals surface area (Å²) >= 11 is 5.87. The van der Waals surface area contributed by atoms with Gasteiger partial charge in [-0.25, -0.2) is 4.39 Å². The molecular weight excluding hydrogens is 243 g/mol. The molecule has 0 fully saturated rings. The van der Waals surface area contributed by atoms with Crippen molar-refractivity contribution in [1.82, 2.24) is 5.16 Å². The lowest BCUT2D eigenvalue weighted by atomic mass is 9.98. The summed E-state index contributed by atoms with van der Waals surface area (Å²) in [6.45, 7) is 4.01. The zero-order chi connectivity index (χ0) is 12.6. The van der Waals surface area contributed by atoms with Crippen molar-refractivity contribution in [3.05, 3.63) is 34.7 Å². The number of nitrogens with zero attached hydrogens (tertiary/aromatic N) is 1. The van der Waals surface area contributed by atoms with Gasteiger partial charge in [0.05, 0.1) is 16.8 Å². The molecule has 0 aliphatic carbocycles. The van der Waals surface area contributed by atoms with Crippen LogP contribution in [-0.2, 0) is 0 Å². The number of nitrogens with two attached hydrogens (primary N) is 1. The first-order valence-corrected chi connectivity index (χ1v) is 5.58. The van der Waals surface area contributed by atoms with E-state index in [4.69, 9.17) is 21.9 Å². The molecule has 0 saturated carbocycles. The van der Waals surface area contributed by atoms with E-state index in [0.717, 1.165) is 5.56 Å². The Kier molecular flexibility index (Phi) is 3.07. The topological polar surface area (TPSA) is 52.0 Å². The minimum Gasteiger partial charge on any atom is -0.367 e. The maximum absolute atomic E-state index is 13.9. The van der Waals surface area contributed by atoms with Gasteiger partial charge in [-0.3, -0.25) is 0 Å². The van der Waals surface area contributed by atoms with Gasteiger partial charge in [0.15, 0.2) is 0 Å². The largest absolute Gasteiger partial charge is 0.367 e. The molecule has 0 spiro atoms. The van der Waals surface area contributed by atoms with E-state index in [2.05, 4.69) is 5.16 Å². The van der Waals surface area contributed by atoms with Crippen LogP contribution in [0.4, 0.5) is 10.3 Å². The van der Waals surface area contributed by atoms with Gasteiger partial charge in [-0.2, -0.15) is 0 Å². The minimum absolute atomic E-state index is 0.0757. The third-order valence-electron chi connectivity index (χ3n) is 2.61. The van der Waals surface area contributed by atoms with E-state index in [1.807, 2.05) is 13.8 Å². The lowest BCUT2D eigenvalue weighted by Gasteiger charge is -2.10. The van der Waals surface area contributed by atoms with Gasteiger partial charge in [0.1, 0.15) is 5.82 Å². The Hall–Kier alpha value is -1.55. The molecule has 1 aromatic carbocycles. The molecule has 0 bridgehead atoms. The normalized spacial score (nSPS) is 11.1. The van der Waals surface area contributed by atoms with Crippen LogP contribution >= 0.6 is 11.6 Å². The molecule has 0 aliphatic rings. The number of aromatic nitrogens is 1. The fourth-order valence-corrected chi connectivity index (χ4v) is 1.82. The second-order valence-electron chi connectivity index (χ2n) is 4.12. The van der Waals surface area contributed by atoms with Crippen LogP contribution in [0.3, 0.4) is 0 Å². The maximum Gasteiger partial charge on any atom is 0.230 e. The lowest BCUT2D eigenvalue weighted by molar-refractivity contribution is 0.436. The fraction of sp³-hybridized carbons (Fsp3) is 0.250. The summed E-state index contributed by atoms with van der Waals surface area (Å²) in [7, 11) is 0. The third kappa shape index (κ3) is 2.13. The number of halogens is 2. The Balaban J connectivity index is 2.65. The number of hydrogen-bond donors (Lipinski definition) is 1. The molecular formula is C12H12ClFN2O. The van der Waals surface area contributed by atoms with Crippen molar-refractivity contribution in [3.63, 3.8) is 0 Å². The molecule has 0 aliphatic heterocycles. The molecule has 2 rings (SSSR count). The highest BCUT2D eigenvalue weighted by Gasteiger charge is 2.16. The molecule has 0 saturated heterocycles. The van der Waals surface area contributed by atoms with Gasteiger partial charge in [-0.1, -0.05) is 30.6 Å². The standard InChI is InChI=1S/C12H12ClFN2O/c1-6(2)7-3-8(11(14)10(13)4-7)9-5-16-17-12(9)15/h3-6H,15H2,1-2H3. The molecule has 2 aromatic rings. The first-order valence-electron chi connectivity index (χ1n) is 5.20. The second kappa shape index (κ2) is 4.37. The van der Waals surface area contributed by atoms with Crippen molar-refractivity contribution in [3.8, 4) is 11.1 Å². The lowest BCUT2D eigenvalue weighted by Crippen LogP contribution is -1.94. The van der Waals surface area contributed by atoms with E-state index in [9.17, 15) is 4.39 Å². The number of hydrogen-bond acceptors (Lipinski definition) is 3. The highest BCUT2D eigenvalue weighted by atomic mass is 35.5. The number of nitrogen functional groups attached to an aromatic ring is 1. The Morgan fingerprint density at radius 2 is 2.06 bits per heavy atom. The smallest absolute Gasteiger partial charge is 0.230 e. The Morgan fingerprint density at radius 3 is 2.59 bits per heavy atom. The fourth-order valence-electron chi connectivity index (χ4n) is 1.59. The summed E-state index contributed by atoms with van der Waals surface area (Å²) < 4.78 is 18.7. The summed E-state index contributed by atoms with van der Waals surface area (Å²) in [5.74, 6) is -0.181. The third-order valence-corrected chi connectivity index (χ3v) is 2.88.